The molecule has 4 heteroatoms. The van der Waals surface area contributed by atoms with Crippen LogP contribution >= 0.6 is 0 Å². The van der Waals surface area contributed by atoms with Gasteiger partial charge in [0.2, 0.25) is 0 Å². The second-order valence-electron chi connectivity index (χ2n) is 1.73. The van der Waals surface area contributed by atoms with Gasteiger partial charge in [0, 0.05) is 18.0 Å². The Bertz CT molecular complexity index is 250. The van der Waals surface area contributed by atoms with Gasteiger partial charge in [0.05, 0.1) is 0 Å². The van der Waals surface area contributed by atoms with Crippen LogP contribution in [0.4, 0.5) is 0 Å². The lowest BCUT2D eigenvalue weighted by Crippen LogP contribution is -2.11. The van der Waals surface area contributed by atoms with Gasteiger partial charge in [-0.15, -0.1) is 0 Å². The van der Waals surface area contributed by atoms with Gasteiger partial charge in [0.1, 0.15) is 0 Å². The number of ketones is 1. The van der Waals surface area contributed by atoms with Crippen LogP contribution in [0.15, 0.2) is 18.5 Å². The van der Waals surface area contributed by atoms with E-state index >= 15 is 0 Å². The van der Waals surface area contributed by atoms with Crippen LogP contribution in [0.25, 0.3) is 0 Å². The molecule has 1 aromatic rings. The van der Waals surface area contributed by atoms with Gasteiger partial charge >= 0.3 is 5.97 Å². The molecule has 4 nitrogen and oxygen atoms in total. The van der Waals surface area contributed by atoms with Crippen molar-refractivity contribution in [2.75, 3.05) is 0 Å². The summed E-state index contributed by atoms with van der Waals surface area (Å²) < 4.78 is 0. The van der Waals surface area contributed by atoms with E-state index in [1.165, 1.54) is 18.5 Å². The summed E-state index contributed by atoms with van der Waals surface area (Å²) in [5.74, 6) is -2.32. The molecule has 52 valence electrons. The van der Waals surface area contributed by atoms with Gasteiger partial charge in [0.15, 0.2) is 0 Å². The normalized spacial score (nSPS) is 9.20. The summed E-state index contributed by atoms with van der Waals surface area (Å²) in [6.45, 7) is 0. The Hall–Kier alpha value is -1.58. The lowest BCUT2D eigenvalue weighted by Gasteiger charge is -1.85. The van der Waals surface area contributed by atoms with Gasteiger partial charge in [-0.3, -0.25) is 4.79 Å². The monoisotopic (exact) mass is 139 g/mol. The van der Waals surface area contributed by atoms with Crippen LogP contribution < -0.4 is 0 Å². The number of hydrogen-bond donors (Lipinski definition) is 2. The quantitative estimate of drug-likeness (QED) is 0.456. The fourth-order valence-corrected chi connectivity index (χ4v) is 0.589. The van der Waals surface area contributed by atoms with Gasteiger partial charge in [-0.05, 0) is 6.07 Å². The van der Waals surface area contributed by atoms with Crippen molar-refractivity contribution < 1.29 is 14.7 Å². The molecule has 0 aliphatic rings. The van der Waals surface area contributed by atoms with Crippen LogP contribution in [-0.2, 0) is 4.79 Å². The van der Waals surface area contributed by atoms with Crippen molar-refractivity contribution in [2.24, 2.45) is 0 Å². The molecule has 0 fully saturated rings. The lowest BCUT2D eigenvalue weighted by molar-refractivity contribution is -0.131. The third-order valence-corrected chi connectivity index (χ3v) is 1.05. The average Bonchev–Trinajstić information content (AvgIpc) is 2.36. The second-order valence-corrected chi connectivity index (χ2v) is 1.73. The number of H-pyrrole nitrogens is 1. The molecule has 1 rings (SSSR count). The summed E-state index contributed by atoms with van der Waals surface area (Å²) in [5.41, 5.74) is 0.174. The molecule has 0 unspecified atom stereocenters. The number of carboxylic acid groups (broad SMARTS) is 1. The number of carbonyl (C=O) groups excluding carboxylic acids is 1. The molecule has 0 aliphatic heterocycles. The number of nitrogens with one attached hydrogen (secondary N) is 1. The molecule has 0 saturated heterocycles. The highest BCUT2D eigenvalue weighted by atomic mass is 16.4. The number of rotatable bonds is 2. The van der Waals surface area contributed by atoms with E-state index in [0.717, 1.165) is 0 Å². The SMILES string of the molecule is O=C(O)C(=O)c1cc[nH]c1. The summed E-state index contributed by atoms with van der Waals surface area (Å²) in [5, 5.41) is 8.19. The van der Waals surface area contributed by atoms with Gasteiger partial charge in [-0.1, -0.05) is 0 Å². The minimum Gasteiger partial charge on any atom is -0.475 e. The fourth-order valence-electron chi connectivity index (χ4n) is 0.589. The maximum atomic E-state index is 10.6. The molecule has 0 saturated carbocycles. The van der Waals surface area contributed by atoms with E-state index in [1.54, 1.807) is 0 Å². The molecule has 10 heavy (non-hydrogen) atoms. The molecular formula is C6H5NO3. The lowest BCUT2D eigenvalue weighted by atomic mass is 10.2. The Balaban J connectivity index is 2.88. The Labute approximate surface area is 56.5 Å². The van der Waals surface area contributed by atoms with Crippen molar-refractivity contribution in [3.05, 3.63) is 24.0 Å². The van der Waals surface area contributed by atoms with Crippen LogP contribution in [0.2, 0.25) is 0 Å². The molecule has 0 aliphatic carbocycles. The van der Waals surface area contributed by atoms with E-state index < -0.39 is 11.8 Å². The predicted octanol–water partition coefficient (Wildman–Crippen LogP) is 0.282. The first-order valence-electron chi connectivity index (χ1n) is 2.62. The number of aliphatic carboxylic acids is 1. The Kier molecular flexibility index (Phi) is 1.53. The highest BCUT2D eigenvalue weighted by Gasteiger charge is 2.13. The molecule has 0 radical (unpaired) electrons. The topological polar surface area (TPSA) is 70.2 Å². The van der Waals surface area contributed by atoms with Gasteiger partial charge in [-0.2, -0.15) is 0 Å². The number of carboxylic acids is 1. The van der Waals surface area contributed by atoms with Gasteiger partial charge < -0.3 is 10.1 Å². The minimum atomic E-state index is -1.43. The molecule has 0 spiro atoms. The van der Waals surface area contributed by atoms with Crippen molar-refractivity contribution in [1.82, 2.24) is 4.98 Å². The summed E-state index contributed by atoms with van der Waals surface area (Å²) in [7, 11) is 0. The highest BCUT2D eigenvalue weighted by molar-refractivity contribution is 6.39. The molecule has 0 amide bonds. The van der Waals surface area contributed by atoms with E-state index in [2.05, 4.69) is 4.98 Å². The minimum absolute atomic E-state index is 0.174. The van der Waals surface area contributed by atoms with E-state index in [-0.39, 0.29) is 5.56 Å². The Morgan fingerprint density at radius 2 is 2.20 bits per heavy atom. The number of carbonyl (C=O) groups is 2. The second kappa shape index (κ2) is 2.34. The first-order chi connectivity index (χ1) is 4.72. The third-order valence-electron chi connectivity index (χ3n) is 1.05. The zero-order valence-corrected chi connectivity index (χ0v) is 5.00. The zero-order valence-electron chi connectivity index (χ0n) is 5.00. The van der Waals surface area contributed by atoms with E-state index in [9.17, 15) is 9.59 Å². The Morgan fingerprint density at radius 3 is 2.60 bits per heavy atom. The molecular weight excluding hydrogens is 134 g/mol. The summed E-state index contributed by atoms with van der Waals surface area (Å²) >= 11 is 0. The van der Waals surface area contributed by atoms with Crippen molar-refractivity contribution in [2.45, 2.75) is 0 Å². The molecule has 0 aromatic carbocycles. The molecule has 0 atom stereocenters. The summed E-state index contributed by atoms with van der Waals surface area (Å²) in [6, 6.07) is 1.41. The van der Waals surface area contributed by atoms with E-state index in [0.29, 0.717) is 0 Å². The first-order valence-corrected chi connectivity index (χ1v) is 2.62. The molecule has 2 N–H and O–H groups in total. The van der Waals surface area contributed by atoms with E-state index in [4.69, 9.17) is 5.11 Å². The third kappa shape index (κ3) is 1.05. The van der Waals surface area contributed by atoms with Crippen molar-refractivity contribution >= 4 is 11.8 Å². The summed E-state index contributed by atoms with van der Waals surface area (Å²) in [6.07, 6.45) is 2.84. The summed E-state index contributed by atoms with van der Waals surface area (Å²) in [4.78, 5) is 23.2. The highest BCUT2D eigenvalue weighted by Crippen LogP contribution is 1.96. The largest absolute Gasteiger partial charge is 0.475 e. The standard InChI is InChI=1S/C6H5NO3/c8-5(6(9)10)4-1-2-7-3-4/h1-3,7H,(H,9,10). The van der Waals surface area contributed by atoms with Crippen molar-refractivity contribution in [3.8, 4) is 0 Å². The van der Waals surface area contributed by atoms with Crippen LogP contribution in [0.1, 0.15) is 10.4 Å². The van der Waals surface area contributed by atoms with Crippen molar-refractivity contribution in [3.63, 3.8) is 0 Å². The van der Waals surface area contributed by atoms with Gasteiger partial charge in [-0.25, -0.2) is 4.79 Å². The molecule has 0 bridgehead atoms. The predicted molar refractivity (Wildman–Crippen MR) is 32.8 cm³/mol. The number of aromatic nitrogens is 1. The zero-order chi connectivity index (χ0) is 7.56. The number of Topliss-reactive ketones (excluding diaryl/α,β-unsaturated/α-hetero) is 1. The van der Waals surface area contributed by atoms with Crippen LogP contribution in [0.5, 0.6) is 0 Å². The van der Waals surface area contributed by atoms with Crippen LogP contribution in [0, 0.1) is 0 Å². The number of aromatic amines is 1. The van der Waals surface area contributed by atoms with Crippen LogP contribution in [-0.4, -0.2) is 21.8 Å². The van der Waals surface area contributed by atoms with E-state index in [1.807, 2.05) is 0 Å². The Morgan fingerprint density at radius 1 is 1.50 bits per heavy atom. The number of hydrogen-bond acceptors (Lipinski definition) is 2. The van der Waals surface area contributed by atoms with Crippen molar-refractivity contribution in [1.29, 1.82) is 0 Å². The molecule has 1 aromatic heterocycles. The maximum absolute atomic E-state index is 10.6. The van der Waals surface area contributed by atoms with Crippen LogP contribution in [0.3, 0.4) is 0 Å². The first kappa shape index (κ1) is 6.54. The fraction of sp³-hybridized carbons (Fsp3) is 0. The van der Waals surface area contributed by atoms with Gasteiger partial charge in [0.25, 0.3) is 5.78 Å². The maximum Gasteiger partial charge on any atom is 0.377 e. The smallest absolute Gasteiger partial charge is 0.377 e. The molecule has 1 heterocycles. The average molecular weight is 139 g/mol.